The molecule has 0 aliphatic heterocycles. The third-order valence-corrected chi connectivity index (χ3v) is 5.49. The Balaban J connectivity index is 0.00000117. The maximum absolute atomic E-state index is 13.9. The van der Waals surface area contributed by atoms with Crippen molar-refractivity contribution in [1.82, 2.24) is 19.1 Å². The minimum absolute atomic E-state index is 0. The molecular weight excluding hydrogens is 553 g/mol. The number of hydrogen-bond donors (Lipinski definition) is 0. The van der Waals surface area contributed by atoms with E-state index in [2.05, 4.69) is 9.97 Å². The van der Waals surface area contributed by atoms with Gasteiger partial charge >= 0.3 is 11.9 Å². The maximum Gasteiger partial charge on any atom is 0.419 e. The number of rotatable bonds is 2. The Morgan fingerprint density at radius 3 is 2.25 bits per heavy atom. The zero-order valence-electron chi connectivity index (χ0n) is 19.1. The van der Waals surface area contributed by atoms with Gasteiger partial charge in [0.2, 0.25) is 0 Å². The number of nitrogens with zero attached hydrogens (tertiary/aromatic N) is 4. The smallest absolute Gasteiger partial charge is 0.419 e. The number of pyridine rings is 2. The second kappa shape index (κ2) is 10.5. The van der Waals surface area contributed by atoms with E-state index in [0.29, 0.717) is 34.1 Å². The van der Waals surface area contributed by atoms with Crippen molar-refractivity contribution < 1.29 is 50.3 Å². The summed E-state index contributed by atoms with van der Waals surface area (Å²) >= 11 is 0. The molecule has 36 heavy (non-hydrogen) atoms. The molecule has 2 N–H and O–H groups in total. The first-order chi connectivity index (χ1) is 16.6. The molecule has 5 rings (SSSR count). The standard InChI is InChI=1S/C23H14F4N5O.CH4N.Y/c1-31-19-11-29-18-6-2-12(13-3-7-20(28)30-10-13)8-15(18)21(19)32(22(31)33)14-4-5-17(24)16(9-14)23(25,26)27;1-2;/h2-11H,1H3,(H-,28,30);2H,1H3;/q2*-1;. The minimum atomic E-state index is -4.91. The molecule has 1 radical (unpaired) electrons. The van der Waals surface area contributed by atoms with Gasteiger partial charge in [-0.2, -0.15) is 20.2 Å². The molecule has 0 saturated heterocycles. The average Bonchev–Trinajstić information content (AvgIpc) is 3.10. The van der Waals surface area contributed by atoms with Gasteiger partial charge in [0.25, 0.3) is 0 Å². The van der Waals surface area contributed by atoms with Crippen LogP contribution in [0.3, 0.4) is 0 Å². The summed E-state index contributed by atoms with van der Waals surface area (Å²) in [5.41, 5.74) is 13.9. The first-order valence-corrected chi connectivity index (χ1v) is 10.2. The van der Waals surface area contributed by atoms with Crippen molar-refractivity contribution in [1.29, 1.82) is 0 Å². The number of imidazole rings is 1. The zero-order valence-corrected chi connectivity index (χ0v) is 21.9. The summed E-state index contributed by atoms with van der Waals surface area (Å²) in [6.07, 6.45) is -1.91. The number of hydrogen-bond acceptors (Lipinski definition) is 3. The second-order valence-electron chi connectivity index (χ2n) is 7.49. The SMILES string of the molecule is C[NH-].Cn1c(=O)n(-c2ccc(F)c(C(F)(F)F)c2)c2c3cc(-c4ccc([NH-])nc4)ccc3ncc21.[Y]. The van der Waals surface area contributed by atoms with Gasteiger partial charge in [0.15, 0.2) is 0 Å². The van der Waals surface area contributed by atoms with Crippen LogP contribution in [-0.2, 0) is 45.9 Å². The van der Waals surface area contributed by atoms with Gasteiger partial charge < -0.3 is 16.5 Å². The van der Waals surface area contributed by atoms with Crippen molar-refractivity contribution >= 4 is 27.8 Å². The van der Waals surface area contributed by atoms with Crippen molar-refractivity contribution in [3.63, 3.8) is 0 Å². The van der Waals surface area contributed by atoms with Crippen molar-refractivity contribution in [3.8, 4) is 16.8 Å². The number of fused-ring (bicyclic) bond motifs is 3. The van der Waals surface area contributed by atoms with E-state index in [-0.39, 0.29) is 44.2 Å². The van der Waals surface area contributed by atoms with Crippen LogP contribution in [0.1, 0.15) is 5.56 Å². The third-order valence-electron chi connectivity index (χ3n) is 5.49. The van der Waals surface area contributed by atoms with Gasteiger partial charge in [0, 0.05) is 45.1 Å². The van der Waals surface area contributed by atoms with Crippen LogP contribution in [-0.4, -0.2) is 26.1 Å². The van der Waals surface area contributed by atoms with E-state index in [1.165, 1.54) is 37.1 Å². The van der Waals surface area contributed by atoms with Crippen LogP contribution < -0.4 is 5.69 Å². The fourth-order valence-electron chi connectivity index (χ4n) is 3.85. The van der Waals surface area contributed by atoms with Crippen molar-refractivity contribution in [2.45, 2.75) is 6.18 Å². The topological polar surface area (TPSA) is 100 Å². The molecule has 7 nitrogen and oxygen atoms in total. The van der Waals surface area contributed by atoms with E-state index in [9.17, 15) is 22.4 Å². The first kappa shape index (κ1) is 27.4. The van der Waals surface area contributed by atoms with Crippen LogP contribution in [0, 0.1) is 5.82 Å². The Morgan fingerprint density at radius 1 is 0.917 bits per heavy atom. The molecule has 0 amide bonds. The fraction of sp³-hybridized carbons (Fsp3) is 0.125. The molecule has 5 aromatic rings. The van der Waals surface area contributed by atoms with Crippen LogP contribution in [0.4, 0.5) is 23.4 Å². The van der Waals surface area contributed by atoms with Crippen LogP contribution in [0.2, 0.25) is 0 Å². The zero-order chi connectivity index (χ0) is 25.5. The summed E-state index contributed by atoms with van der Waals surface area (Å²) in [6.45, 7) is 0. The molecule has 0 fully saturated rings. The summed E-state index contributed by atoms with van der Waals surface area (Å²) in [5, 5.41) is 0.524. The molecule has 3 aromatic heterocycles. The Hall–Kier alpha value is -3.15. The molecule has 0 aliphatic carbocycles. The summed E-state index contributed by atoms with van der Waals surface area (Å²) in [5.74, 6) is -1.31. The van der Waals surface area contributed by atoms with Crippen LogP contribution in [0.5, 0.6) is 0 Å². The molecule has 0 unspecified atom stereocenters. The first-order valence-electron chi connectivity index (χ1n) is 10.2. The minimum Gasteiger partial charge on any atom is -0.680 e. The van der Waals surface area contributed by atoms with E-state index in [1.54, 1.807) is 24.3 Å². The molecule has 0 aliphatic rings. The van der Waals surface area contributed by atoms with Crippen molar-refractivity contribution in [3.05, 3.63) is 94.3 Å². The molecule has 2 aromatic carbocycles. The summed E-state index contributed by atoms with van der Waals surface area (Å²) in [6, 6.07) is 11.0. The van der Waals surface area contributed by atoms with Gasteiger partial charge in [-0.3, -0.25) is 14.1 Å². The van der Waals surface area contributed by atoms with E-state index < -0.39 is 23.2 Å². The number of nitrogens with one attached hydrogen (secondary N) is 2. The predicted molar refractivity (Wildman–Crippen MR) is 126 cm³/mol. The number of halogens is 4. The Morgan fingerprint density at radius 2 is 1.61 bits per heavy atom. The summed E-state index contributed by atoms with van der Waals surface area (Å²) in [4.78, 5) is 21.4. The molecule has 183 valence electrons. The quantitative estimate of drug-likeness (QED) is 0.228. The van der Waals surface area contributed by atoms with Crippen molar-refractivity contribution in [2.24, 2.45) is 7.05 Å². The van der Waals surface area contributed by atoms with Crippen LogP contribution >= 0.6 is 0 Å². The maximum atomic E-state index is 13.9. The Labute approximate surface area is 227 Å². The number of aromatic nitrogens is 4. The third kappa shape index (κ3) is 4.78. The van der Waals surface area contributed by atoms with E-state index >= 15 is 0 Å². The molecule has 0 spiro atoms. The van der Waals surface area contributed by atoms with Crippen LogP contribution in [0.15, 0.2) is 65.7 Å². The predicted octanol–water partition coefficient (Wildman–Crippen LogP) is 6.45. The van der Waals surface area contributed by atoms with Gasteiger partial charge in [-0.25, -0.2) is 9.18 Å². The van der Waals surface area contributed by atoms with Gasteiger partial charge in [-0.1, -0.05) is 30.2 Å². The molecule has 0 atom stereocenters. The van der Waals surface area contributed by atoms with Gasteiger partial charge in [0.1, 0.15) is 5.82 Å². The van der Waals surface area contributed by atoms with E-state index in [0.717, 1.165) is 21.8 Å². The normalized spacial score (nSPS) is 11.2. The number of alkyl halides is 3. The number of benzene rings is 2. The molecule has 12 heteroatoms. The summed E-state index contributed by atoms with van der Waals surface area (Å²) in [7, 11) is 2.74. The summed E-state index contributed by atoms with van der Waals surface area (Å²) < 4.78 is 56.3. The van der Waals surface area contributed by atoms with E-state index in [4.69, 9.17) is 11.5 Å². The Kier molecular flexibility index (Phi) is 7.97. The molecule has 3 heterocycles. The monoisotopic (exact) mass is 571 g/mol. The van der Waals surface area contributed by atoms with Gasteiger partial charge in [-0.15, -0.1) is 0 Å². The van der Waals surface area contributed by atoms with Crippen LogP contribution in [0.25, 0.3) is 50.2 Å². The molecular formula is C24H18F4N6OY-2. The average molecular weight is 571 g/mol. The van der Waals surface area contributed by atoms with Gasteiger partial charge in [-0.05, 0) is 41.5 Å². The molecule has 0 saturated carbocycles. The van der Waals surface area contributed by atoms with E-state index in [1.807, 2.05) is 0 Å². The van der Waals surface area contributed by atoms with Crippen molar-refractivity contribution in [2.75, 3.05) is 7.05 Å². The second-order valence-corrected chi connectivity index (χ2v) is 7.49. The largest absolute Gasteiger partial charge is 0.680 e. The van der Waals surface area contributed by atoms with Gasteiger partial charge in [0.05, 0.1) is 34.0 Å². The molecule has 0 bridgehead atoms. The fourth-order valence-corrected chi connectivity index (χ4v) is 3.85. The number of aryl methyl sites for hydroxylation is 1. The Bertz CT molecular complexity index is 1610.